The van der Waals surface area contributed by atoms with Crippen LogP contribution < -0.4 is 4.74 Å². The smallest absolute Gasteiger partial charge is 0.348 e. The Morgan fingerprint density at radius 2 is 1.64 bits per heavy atom. The maximum Gasteiger partial charge on any atom is 0.348 e. The van der Waals surface area contributed by atoms with Crippen molar-refractivity contribution in [2.24, 2.45) is 5.92 Å². The van der Waals surface area contributed by atoms with Crippen LogP contribution in [0.3, 0.4) is 0 Å². The van der Waals surface area contributed by atoms with E-state index in [2.05, 4.69) is 4.74 Å². The van der Waals surface area contributed by atoms with Gasteiger partial charge in [0, 0.05) is 5.02 Å². The summed E-state index contributed by atoms with van der Waals surface area (Å²) in [6.07, 6.45) is -1.10. The Balaban J connectivity index is 2.97. The molecule has 0 N–H and O–H groups in total. The van der Waals surface area contributed by atoms with Gasteiger partial charge in [-0.25, -0.2) is 4.79 Å². The van der Waals surface area contributed by atoms with Gasteiger partial charge >= 0.3 is 11.9 Å². The van der Waals surface area contributed by atoms with E-state index in [-0.39, 0.29) is 0 Å². The molecule has 0 aliphatic heterocycles. The van der Waals surface area contributed by atoms with Crippen LogP contribution in [0, 0.1) is 5.92 Å². The number of methoxy groups -OCH3 is 1. The van der Waals surface area contributed by atoms with Crippen molar-refractivity contribution in [2.45, 2.75) is 39.4 Å². The molecule has 0 fully saturated rings. The monoisotopic (exact) mass is 328 g/mol. The van der Waals surface area contributed by atoms with Gasteiger partial charge in [-0.3, -0.25) is 4.79 Å². The first-order chi connectivity index (χ1) is 10.1. The van der Waals surface area contributed by atoms with Crippen LogP contribution in [-0.4, -0.2) is 30.8 Å². The second-order valence-corrected chi connectivity index (χ2v) is 6.27. The van der Waals surface area contributed by atoms with Gasteiger partial charge in [-0.15, -0.1) is 0 Å². The molecule has 22 heavy (non-hydrogen) atoms. The molecule has 1 rings (SSSR count). The summed E-state index contributed by atoms with van der Waals surface area (Å²) in [5, 5.41) is 0.544. The fourth-order valence-corrected chi connectivity index (χ4v) is 1.81. The number of carbonyl (C=O) groups excluding carboxylic acids is 2. The van der Waals surface area contributed by atoms with Crippen LogP contribution in [0.4, 0.5) is 0 Å². The lowest BCUT2D eigenvalue weighted by Crippen LogP contribution is -2.42. The maximum absolute atomic E-state index is 12.3. The molecule has 0 aromatic heterocycles. The van der Waals surface area contributed by atoms with Gasteiger partial charge in [-0.05, 0) is 52.0 Å². The molecular formula is C16H21ClO5. The van der Waals surface area contributed by atoms with Crippen LogP contribution in [0.1, 0.15) is 27.7 Å². The van der Waals surface area contributed by atoms with Gasteiger partial charge in [0.1, 0.15) is 17.3 Å². The average Bonchev–Trinajstić information content (AvgIpc) is 2.43. The summed E-state index contributed by atoms with van der Waals surface area (Å²) in [7, 11) is 1.26. The molecule has 0 saturated heterocycles. The summed E-state index contributed by atoms with van der Waals surface area (Å²) in [6, 6.07) is 6.49. The largest absolute Gasteiger partial charge is 0.478 e. The standard InChI is InChI=1S/C16H21ClO5/c1-10(14(18)20-5)13(15(19)22-16(2,3)4)21-12-8-6-11(17)7-9-12/h6-10,13H,1-5H3. The summed E-state index contributed by atoms with van der Waals surface area (Å²) in [6.45, 7) is 6.78. The first-order valence-electron chi connectivity index (χ1n) is 6.87. The highest BCUT2D eigenvalue weighted by atomic mass is 35.5. The highest BCUT2D eigenvalue weighted by Crippen LogP contribution is 2.22. The lowest BCUT2D eigenvalue weighted by atomic mass is 10.0. The lowest BCUT2D eigenvalue weighted by Gasteiger charge is -2.26. The zero-order valence-electron chi connectivity index (χ0n) is 13.4. The molecule has 0 aliphatic rings. The van der Waals surface area contributed by atoms with Gasteiger partial charge in [-0.1, -0.05) is 11.6 Å². The fraction of sp³-hybridized carbons (Fsp3) is 0.500. The van der Waals surface area contributed by atoms with Gasteiger partial charge in [0.25, 0.3) is 0 Å². The molecule has 0 bridgehead atoms. The lowest BCUT2D eigenvalue weighted by molar-refractivity contribution is -0.171. The quantitative estimate of drug-likeness (QED) is 0.776. The third-order valence-corrected chi connectivity index (χ3v) is 2.99. The van der Waals surface area contributed by atoms with Crippen molar-refractivity contribution in [2.75, 3.05) is 7.11 Å². The third kappa shape index (κ3) is 5.56. The van der Waals surface area contributed by atoms with E-state index in [9.17, 15) is 9.59 Å². The Hall–Kier alpha value is -1.75. The molecule has 2 atom stereocenters. The van der Waals surface area contributed by atoms with E-state index in [0.29, 0.717) is 10.8 Å². The number of esters is 2. The molecule has 6 heteroatoms. The van der Waals surface area contributed by atoms with Crippen LogP contribution >= 0.6 is 11.6 Å². The average molecular weight is 329 g/mol. The van der Waals surface area contributed by atoms with E-state index in [1.54, 1.807) is 52.0 Å². The van der Waals surface area contributed by atoms with E-state index in [0.717, 1.165) is 0 Å². The van der Waals surface area contributed by atoms with E-state index < -0.39 is 29.6 Å². The predicted octanol–water partition coefficient (Wildman–Crippen LogP) is 3.24. The van der Waals surface area contributed by atoms with Crippen LogP contribution in [-0.2, 0) is 19.1 Å². The Bertz CT molecular complexity index is 518. The molecule has 0 heterocycles. The van der Waals surface area contributed by atoms with Crippen molar-refractivity contribution in [1.82, 2.24) is 0 Å². The molecule has 1 aromatic carbocycles. The van der Waals surface area contributed by atoms with Crippen LogP contribution in [0.5, 0.6) is 5.75 Å². The first kappa shape index (κ1) is 18.3. The minimum Gasteiger partial charge on any atom is -0.478 e. The predicted molar refractivity (Wildman–Crippen MR) is 82.9 cm³/mol. The van der Waals surface area contributed by atoms with E-state index in [1.165, 1.54) is 7.11 Å². The number of ether oxygens (including phenoxy) is 3. The summed E-state index contributed by atoms with van der Waals surface area (Å²) < 4.78 is 15.6. The highest BCUT2D eigenvalue weighted by Gasteiger charge is 2.36. The highest BCUT2D eigenvalue weighted by molar-refractivity contribution is 6.30. The van der Waals surface area contributed by atoms with Crippen LogP contribution in [0.15, 0.2) is 24.3 Å². The SMILES string of the molecule is COC(=O)C(C)C(Oc1ccc(Cl)cc1)C(=O)OC(C)(C)C. The molecule has 122 valence electrons. The van der Waals surface area contributed by atoms with Crippen molar-refractivity contribution >= 4 is 23.5 Å². The molecule has 0 radical (unpaired) electrons. The second kappa shape index (κ2) is 7.49. The number of hydrogen-bond acceptors (Lipinski definition) is 5. The summed E-state index contributed by atoms with van der Waals surface area (Å²) >= 11 is 5.81. The molecule has 0 spiro atoms. The third-order valence-electron chi connectivity index (χ3n) is 2.74. The van der Waals surface area contributed by atoms with Crippen LogP contribution in [0.2, 0.25) is 5.02 Å². The molecule has 0 saturated carbocycles. The number of hydrogen-bond donors (Lipinski definition) is 0. The fourth-order valence-electron chi connectivity index (χ4n) is 1.68. The summed E-state index contributed by atoms with van der Waals surface area (Å²) in [5.41, 5.74) is -0.686. The minimum absolute atomic E-state index is 0.413. The molecule has 0 aliphatic carbocycles. The van der Waals surface area contributed by atoms with Gasteiger partial charge in [0.2, 0.25) is 6.10 Å². The molecule has 1 aromatic rings. The zero-order valence-corrected chi connectivity index (χ0v) is 14.1. The molecule has 0 amide bonds. The first-order valence-corrected chi connectivity index (χ1v) is 7.25. The Kier molecular flexibility index (Phi) is 6.23. The second-order valence-electron chi connectivity index (χ2n) is 5.84. The Morgan fingerprint density at radius 1 is 1.09 bits per heavy atom. The topological polar surface area (TPSA) is 61.8 Å². The van der Waals surface area contributed by atoms with Gasteiger partial charge in [0.05, 0.1) is 7.11 Å². The van der Waals surface area contributed by atoms with Gasteiger partial charge < -0.3 is 14.2 Å². The molecular weight excluding hydrogens is 308 g/mol. The van der Waals surface area contributed by atoms with Crippen LogP contribution in [0.25, 0.3) is 0 Å². The normalized spacial score (nSPS) is 13.9. The zero-order chi connectivity index (χ0) is 16.9. The number of carbonyl (C=O) groups is 2. The van der Waals surface area contributed by atoms with E-state index in [1.807, 2.05) is 0 Å². The summed E-state index contributed by atoms with van der Waals surface area (Å²) in [5.74, 6) is -1.57. The minimum atomic E-state index is -1.10. The van der Waals surface area contributed by atoms with Crippen molar-refractivity contribution in [1.29, 1.82) is 0 Å². The van der Waals surface area contributed by atoms with Gasteiger partial charge in [-0.2, -0.15) is 0 Å². The van der Waals surface area contributed by atoms with Crippen molar-refractivity contribution in [3.8, 4) is 5.75 Å². The summed E-state index contributed by atoms with van der Waals surface area (Å²) in [4.78, 5) is 24.0. The maximum atomic E-state index is 12.3. The van der Waals surface area contributed by atoms with Crippen molar-refractivity contribution in [3.05, 3.63) is 29.3 Å². The van der Waals surface area contributed by atoms with E-state index in [4.69, 9.17) is 21.1 Å². The van der Waals surface area contributed by atoms with E-state index >= 15 is 0 Å². The molecule has 2 unspecified atom stereocenters. The number of rotatable bonds is 5. The molecule has 5 nitrogen and oxygen atoms in total. The number of benzene rings is 1. The number of halogens is 1. The Morgan fingerprint density at radius 3 is 2.09 bits per heavy atom. The Labute approximate surface area is 135 Å². The van der Waals surface area contributed by atoms with Crippen molar-refractivity contribution in [3.63, 3.8) is 0 Å². The van der Waals surface area contributed by atoms with Crippen molar-refractivity contribution < 1.29 is 23.8 Å². The van der Waals surface area contributed by atoms with Gasteiger partial charge in [0.15, 0.2) is 0 Å².